The van der Waals surface area contributed by atoms with Gasteiger partial charge < -0.3 is 5.32 Å². The van der Waals surface area contributed by atoms with E-state index < -0.39 is 0 Å². The minimum Gasteiger partial charge on any atom is -0.361 e. The van der Waals surface area contributed by atoms with Crippen molar-refractivity contribution >= 4 is 17.3 Å². The van der Waals surface area contributed by atoms with Gasteiger partial charge in [0.05, 0.1) is 0 Å². The van der Waals surface area contributed by atoms with Crippen LogP contribution in [0.5, 0.6) is 0 Å². The predicted octanol–water partition coefficient (Wildman–Crippen LogP) is 5.30. The lowest BCUT2D eigenvalue weighted by Gasteiger charge is -2.05. The first kappa shape index (κ1) is 18.1. The second-order valence-electron chi connectivity index (χ2n) is 5.87. The van der Waals surface area contributed by atoms with Crippen LogP contribution in [0.3, 0.4) is 0 Å². The van der Waals surface area contributed by atoms with Gasteiger partial charge in [-0.1, -0.05) is 78.9 Å². The molecule has 0 aliphatic rings. The lowest BCUT2D eigenvalue weighted by atomic mass is 10.0. The van der Waals surface area contributed by atoms with Crippen LogP contribution in [0.25, 0.3) is 0 Å². The smallest absolute Gasteiger partial charge is 0.194 e. The molecule has 3 aromatic carbocycles. The number of ketones is 2. The normalized spacial score (nSPS) is 11.3. The molecule has 0 saturated heterocycles. The Morgan fingerprint density at radius 3 is 1.74 bits per heavy atom. The Labute approximate surface area is 158 Å². The van der Waals surface area contributed by atoms with E-state index in [0.29, 0.717) is 16.7 Å². The van der Waals surface area contributed by atoms with Crippen LogP contribution in [0.15, 0.2) is 115 Å². The summed E-state index contributed by atoms with van der Waals surface area (Å²) >= 11 is 0. The van der Waals surface area contributed by atoms with Gasteiger partial charge in [-0.15, -0.1) is 0 Å². The molecule has 0 bridgehead atoms. The van der Waals surface area contributed by atoms with Gasteiger partial charge in [0, 0.05) is 28.6 Å². The summed E-state index contributed by atoms with van der Waals surface area (Å²) in [5.74, 6) is -0.307. The van der Waals surface area contributed by atoms with Gasteiger partial charge in [-0.25, -0.2) is 0 Å². The highest BCUT2D eigenvalue weighted by Gasteiger charge is 2.10. The Balaban J connectivity index is 1.86. The van der Waals surface area contributed by atoms with Crippen molar-refractivity contribution in [2.45, 2.75) is 0 Å². The molecule has 0 atom stereocenters. The molecule has 3 heteroatoms. The second-order valence-corrected chi connectivity index (χ2v) is 5.87. The fourth-order valence-corrected chi connectivity index (χ4v) is 2.51. The van der Waals surface area contributed by atoms with Crippen LogP contribution in [-0.4, -0.2) is 11.6 Å². The van der Waals surface area contributed by atoms with Gasteiger partial charge in [0.15, 0.2) is 11.6 Å². The first-order valence-corrected chi connectivity index (χ1v) is 8.63. The van der Waals surface area contributed by atoms with Gasteiger partial charge in [-0.3, -0.25) is 9.59 Å². The molecule has 0 aliphatic heterocycles. The van der Waals surface area contributed by atoms with Gasteiger partial charge in [-0.2, -0.15) is 0 Å². The van der Waals surface area contributed by atoms with Gasteiger partial charge >= 0.3 is 0 Å². The number of nitrogens with one attached hydrogen (secondary N) is 1. The van der Waals surface area contributed by atoms with E-state index in [9.17, 15) is 9.59 Å². The molecule has 132 valence electrons. The van der Waals surface area contributed by atoms with Crippen molar-refractivity contribution in [3.8, 4) is 0 Å². The first-order valence-electron chi connectivity index (χ1n) is 8.63. The van der Waals surface area contributed by atoms with E-state index in [1.807, 2.05) is 66.7 Å². The summed E-state index contributed by atoms with van der Waals surface area (Å²) in [4.78, 5) is 25.2. The topological polar surface area (TPSA) is 46.2 Å². The minimum atomic E-state index is -0.156. The van der Waals surface area contributed by atoms with E-state index in [1.165, 1.54) is 6.08 Å². The predicted molar refractivity (Wildman–Crippen MR) is 109 cm³/mol. The number of allylic oxidation sites excluding steroid dienone is 3. The zero-order chi connectivity index (χ0) is 18.9. The highest BCUT2D eigenvalue weighted by molar-refractivity contribution is 6.12. The van der Waals surface area contributed by atoms with Crippen LogP contribution < -0.4 is 5.32 Å². The summed E-state index contributed by atoms with van der Waals surface area (Å²) in [6.07, 6.45) is 4.61. The number of benzene rings is 3. The lowest BCUT2D eigenvalue weighted by Crippen LogP contribution is -2.05. The second kappa shape index (κ2) is 9.11. The van der Waals surface area contributed by atoms with E-state index in [-0.39, 0.29) is 11.6 Å². The van der Waals surface area contributed by atoms with Gasteiger partial charge in [0.1, 0.15) is 0 Å². The Hall–Kier alpha value is -3.72. The van der Waals surface area contributed by atoms with E-state index in [1.54, 1.807) is 36.5 Å². The van der Waals surface area contributed by atoms with Crippen molar-refractivity contribution < 1.29 is 9.59 Å². The zero-order valence-corrected chi connectivity index (χ0v) is 14.7. The van der Waals surface area contributed by atoms with Crippen molar-refractivity contribution in [1.29, 1.82) is 0 Å². The largest absolute Gasteiger partial charge is 0.361 e. The zero-order valence-electron chi connectivity index (χ0n) is 14.7. The third kappa shape index (κ3) is 5.13. The molecule has 0 aromatic heterocycles. The van der Waals surface area contributed by atoms with E-state index in [2.05, 4.69) is 5.32 Å². The van der Waals surface area contributed by atoms with Gasteiger partial charge in [-0.05, 0) is 24.3 Å². The maximum atomic E-state index is 12.8. The molecular weight excluding hydrogens is 334 g/mol. The highest BCUT2D eigenvalue weighted by Crippen LogP contribution is 2.13. The molecule has 3 aromatic rings. The minimum absolute atomic E-state index is 0.151. The number of carbonyl (C=O) groups excluding carboxylic acids is 2. The Morgan fingerprint density at radius 2 is 1.15 bits per heavy atom. The number of para-hydroxylation sites is 1. The van der Waals surface area contributed by atoms with E-state index in [0.717, 1.165) is 5.69 Å². The Bertz CT molecular complexity index is 959. The molecular formula is C24H19NO2. The maximum absolute atomic E-state index is 12.8. The molecule has 0 unspecified atom stereocenters. The molecule has 0 saturated carbocycles. The molecule has 0 heterocycles. The average Bonchev–Trinajstić information content (AvgIpc) is 2.75. The fraction of sp³-hybridized carbons (Fsp3) is 0. The summed E-state index contributed by atoms with van der Waals surface area (Å²) in [7, 11) is 0. The third-order valence-corrected chi connectivity index (χ3v) is 3.94. The average molecular weight is 353 g/mol. The number of carbonyl (C=O) groups is 2. The molecule has 3 nitrogen and oxygen atoms in total. The monoisotopic (exact) mass is 353 g/mol. The van der Waals surface area contributed by atoms with Crippen molar-refractivity contribution in [2.24, 2.45) is 0 Å². The van der Waals surface area contributed by atoms with Crippen LogP contribution >= 0.6 is 0 Å². The van der Waals surface area contributed by atoms with Crippen molar-refractivity contribution in [2.75, 3.05) is 5.32 Å². The number of anilines is 1. The fourth-order valence-electron chi connectivity index (χ4n) is 2.51. The summed E-state index contributed by atoms with van der Waals surface area (Å²) in [6.45, 7) is 0. The van der Waals surface area contributed by atoms with Gasteiger partial charge in [0.2, 0.25) is 0 Å². The first-order chi connectivity index (χ1) is 13.2. The molecule has 1 N–H and O–H groups in total. The Kier molecular flexibility index (Phi) is 6.10. The molecule has 0 fully saturated rings. The van der Waals surface area contributed by atoms with Crippen LogP contribution in [0.2, 0.25) is 0 Å². The van der Waals surface area contributed by atoms with E-state index in [4.69, 9.17) is 0 Å². The van der Waals surface area contributed by atoms with E-state index >= 15 is 0 Å². The molecule has 0 amide bonds. The highest BCUT2D eigenvalue weighted by atomic mass is 16.1. The maximum Gasteiger partial charge on any atom is 0.194 e. The van der Waals surface area contributed by atoms with Crippen LogP contribution in [0.1, 0.15) is 20.7 Å². The molecule has 0 spiro atoms. The summed E-state index contributed by atoms with van der Waals surface area (Å²) in [5, 5.41) is 3.11. The Morgan fingerprint density at radius 1 is 0.630 bits per heavy atom. The van der Waals surface area contributed by atoms with Crippen molar-refractivity contribution in [1.82, 2.24) is 0 Å². The molecule has 0 aliphatic carbocycles. The number of hydrogen-bond donors (Lipinski definition) is 1. The van der Waals surface area contributed by atoms with Crippen molar-refractivity contribution in [3.63, 3.8) is 0 Å². The summed E-state index contributed by atoms with van der Waals surface area (Å²) < 4.78 is 0. The van der Waals surface area contributed by atoms with Crippen LogP contribution in [0.4, 0.5) is 5.69 Å². The van der Waals surface area contributed by atoms with Gasteiger partial charge in [0.25, 0.3) is 0 Å². The lowest BCUT2D eigenvalue weighted by molar-refractivity contribution is 0.103. The number of Topliss-reactive ketones (excluding diaryl/α,β-unsaturated/α-hetero) is 1. The summed E-state index contributed by atoms with van der Waals surface area (Å²) in [6, 6.07) is 27.5. The molecule has 3 rings (SSSR count). The molecule has 27 heavy (non-hydrogen) atoms. The number of hydrogen-bond acceptors (Lipinski definition) is 3. The number of rotatable bonds is 7. The summed E-state index contributed by atoms with van der Waals surface area (Å²) in [5.41, 5.74) is 2.40. The van der Waals surface area contributed by atoms with Crippen LogP contribution in [-0.2, 0) is 0 Å². The van der Waals surface area contributed by atoms with Crippen LogP contribution in [0, 0.1) is 0 Å². The quantitative estimate of drug-likeness (QED) is 0.356. The third-order valence-electron chi connectivity index (χ3n) is 3.94. The van der Waals surface area contributed by atoms with Crippen molar-refractivity contribution in [3.05, 3.63) is 126 Å². The standard InChI is InChI=1S/C24H19NO2/c26-23(19-10-4-1-5-11-19)17-16-21(18-25-22-14-8-3-9-15-22)24(27)20-12-6-2-7-13-20/h1-18,25H/b17-16+,21-18-. The SMILES string of the molecule is O=C(/C=C/C(=C/Nc1ccccc1)C(=O)c1ccccc1)c1ccccc1. The molecule has 0 radical (unpaired) electrons.